The first-order chi connectivity index (χ1) is 16.4. The molecule has 0 aromatic heterocycles. The van der Waals surface area contributed by atoms with Crippen LogP contribution in [0.25, 0.3) is 0 Å². The van der Waals surface area contributed by atoms with Crippen LogP contribution in [0.4, 0.5) is 5.69 Å². The third-order valence-electron chi connectivity index (χ3n) is 5.64. The average Bonchev–Trinajstić information content (AvgIpc) is 2.84. The Morgan fingerprint density at radius 2 is 1.65 bits per heavy atom. The van der Waals surface area contributed by atoms with Crippen molar-refractivity contribution in [3.05, 3.63) is 59.7 Å². The van der Waals surface area contributed by atoms with E-state index >= 15 is 0 Å². The molecule has 180 valence electrons. The van der Waals surface area contributed by atoms with Crippen molar-refractivity contribution in [2.45, 2.75) is 57.9 Å². The molecule has 3 N–H and O–H groups in total. The first-order valence-electron chi connectivity index (χ1n) is 11.7. The molecule has 1 fully saturated rings. The molecule has 8 heteroatoms. The molecule has 0 saturated heterocycles. The van der Waals surface area contributed by atoms with Gasteiger partial charge in [0.25, 0.3) is 5.91 Å². The molecule has 34 heavy (non-hydrogen) atoms. The Morgan fingerprint density at radius 3 is 2.29 bits per heavy atom. The number of amides is 3. The molecule has 0 unspecified atom stereocenters. The smallest absolute Gasteiger partial charge is 0.329 e. The van der Waals surface area contributed by atoms with Crippen LogP contribution >= 0.6 is 0 Å². The van der Waals surface area contributed by atoms with Crippen LogP contribution in [0.2, 0.25) is 0 Å². The van der Waals surface area contributed by atoms with E-state index in [4.69, 9.17) is 4.74 Å². The minimum absolute atomic E-state index is 0.0324. The number of ether oxygens (including phenoxy) is 1. The third kappa shape index (κ3) is 8.03. The SMILES string of the molecule is CC(C)c1ccc(NC(=O)C(=O)N/N=C\c2ccc(OCC(=O)NC3CCCCC3)cc2)cc1. The summed E-state index contributed by atoms with van der Waals surface area (Å²) < 4.78 is 5.54. The van der Waals surface area contributed by atoms with Crippen LogP contribution < -0.4 is 20.8 Å². The summed E-state index contributed by atoms with van der Waals surface area (Å²) >= 11 is 0. The fourth-order valence-corrected chi connectivity index (χ4v) is 3.67. The molecule has 3 rings (SSSR count). The largest absolute Gasteiger partial charge is 0.484 e. The van der Waals surface area contributed by atoms with Gasteiger partial charge in [-0.3, -0.25) is 14.4 Å². The van der Waals surface area contributed by atoms with Crippen LogP contribution in [-0.4, -0.2) is 36.6 Å². The van der Waals surface area contributed by atoms with Crippen molar-refractivity contribution in [3.8, 4) is 5.75 Å². The first-order valence-corrected chi connectivity index (χ1v) is 11.7. The third-order valence-corrected chi connectivity index (χ3v) is 5.64. The minimum Gasteiger partial charge on any atom is -0.484 e. The topological polar surface area (TPSA) is 109 Å². The molecule has 0 spiro atoms. The van der Waals surface area contributed by atoms with Crippen molar-refractivity contribution in [1.82, 2.24) is 10.7 Å². The highest BCUT2D eigenvalue weighted by molar-refractivity contribution is 6.39. The molecule has 1 saturated carbocycles. The molecule has 8 nitrogen and oxygen atoms in total. The van der Waals surface area contributed by atoms with Gasteiger partial charge in [0.05, 0.1) is 6.21 Å². The highest BCUT2D eigenvalue weighted by Crippen LogP contribution is 2.18. The van der Waals surface area contributed by atoms with Gasteiger partial charge in [0, 0.05) is 11.7 Å². The van der Waals surface area contributed by atoms with Crippen molar-refractivity contribution in [1.29, 1.82) is 0 Å². The molecular weight excluding hydrogens is 432 g/mol. The van der Waals surface area contributed by atoms with E-state index in [2.05, 4.69) is 35.0 Å². The number of nitrogens with zero attached hydrogens (tertiary/aromatic N) is 1. The predicted molar refractivity (Wildman–Crippen MR) is 132 cm³/mol. The van der Waals surface area contributed by atoms with E-state index in [1.54, 1.807) is 36.4 Å². The Balaban J connectivity index is 1.39. The van der Waals surface area contributed by atoms with Crippen LogP contribution in [0.3, 0.4) is 0 Å². The lowest BCUT2D eigenvalue weighted by atomic mass is 9.95. The van der Waals surface area contributed by atoms with Gasteiger partial charge < -0.3 is 15.4 Å². The summed E-state index contributed by atoms with van der Waals surface area (Å²) in [6, 6.07) is 14.5. The number of rotatable bonds is 8. The Morgan fingerprint density at radius 1 is 0.971 bits per heavy atom. The number of carbonyl (C=O) groups is 3. The van der Waals surface area contributed by atoms with Crippen molar-refractivity contribution in [2.24, 2.45) is 5.10 Å². The molecule has 1 aliphatic rings. The summed E-state index contributed by atoms with van der Waals surface area (Å²) in [6.07, 6.45) is 7.04. The number of anilines is 1. The molecule has 0 atom stereocenters. The van der Waals surface area contributed by atoms with Crippen molar-refractivity contribution < 1.29 is 19.1 Å². The Labute approximate surface area is 200 Å². The number of carbonyl (C=O) groups excluding carboxylic acids is 3. The quantitative estimate of drug-likeness (QED) is 0.314. The van der Waals surface area contributed by atoms with Gasteiger partial charge in [-0.2, -0.15) is 5.10 Å². The molecule has 0 heterocycles. The summed E-state index contributed by atoms with van der Waals surface area (Å²) in [5.74, 6) is -0.844. The van der Waals surface area contributed by atoms with Crippen molar-refractivity contribution in [3.63, 3.8) is 0 Å². The van der Waals surface area contributed by atoms with Crippen molar-refractivity contribution in [2.75, 3.05) is 11.9 Å². The van der Waals surface area contributed by atoms with Crippen LogP contribution in [-0.2, 0) is 14.4 Å². The van der Waals surface area contributed by atoms with Gasteiger partial charge in [0.1, 0.15) is 5.75 Å². The van der Waals surface area contributed by atoms with Gasteiger partial charge >= 0.3 is 11.8 Å². The van der Waals surface area contributed by atoms with Crippen LogP contribution in [0.1, 0.15) is 63.0 Å². The van der Waals surface area contributed by atoms with E-state index in [9.17, 15) is 14.4 Å². The maximum absolute atomic E-state index is 12.0. The van der Waals surface area contributed by atoms with Gasteiger partial charge in [0.15, 0.2) is 6.61 Å². The number of benzene rings is 2. The molecule has 0 radical (unpaired) electrons. The Hall–Kier alpha value is -3.68. The Bertz CT molecular complexity index is 994. The monoisotopic (exact) mass is 464 g/mol. The minimum atomic E-state index is -0.867. The normalized spacial score (nSPS) is 14.1. The highest BCUT2D eigenvalue weighted by Gasteiger charge is 2.16. The number of hydrogen-bond acceptors (Lipinski definition) is 5. The fraction of sp³-hybridized carbons (Fsp3) is 0.385. The lowest BCUT2D eigenvalue weighted by molar-refractivity contribution is -0.136. The van der Waals surface area contributed by atoms with Crippen LogP contribution in [0, 0.1) is 0 Å². The number of hydrazone groups is 1. The van der Waals surface area contributed by atoms with Gasteiger partial charge in [0.2, 0.25) is 0 Å². The molecule has 0 bridgehead atoms. The Kier molecular flexibility index (Phi) is 9.20. The summed E-state index contributed by atoms with van der Waals surface area (Å²) in [4.78, 5) is 36.0. The maximum Gasteiger partial charge on any atom is 0.329 e. The van der Waals surface area contributed by atoms with E-state index in [1.807, 2.05) is 12.1 Å². The number of nitrogens with one attached hydrogen (secondary N) is 3. The fourth-order valence-electron chi connectivity index (χ4n) is 3.67. The van der Waals surface area contributed by atoms with Crippen LogP contribution in [0.15, 0.2) is 53.6 Å². The van der Waals surface area contributed by atoms with E-state index in [-0.39, 0.29) is 18.6 Å². The molecular formula is C26H32N4O4. The van der Waals surface area contributed by atoms with Gasteiger partial charge in [-0.15, -0.1) is 0 Å². The van der Waals surface area contributed by atoms with E-state index in [0.29, 0.717) is 22.9 Å². The second-order valence-electron chi connectivity index (χ2n) is 8.69. The maximum atomic E-state index is 12.0. The zero-order chi connectivity index (χ0) is 24.3. The zero-order valence-electron chi connectivity index (χ0n) is 19.7. The molecule has 2 aromatic rings. The predicted octanol–water partition coefficient (Wildman–Crippen LogP) is 3.73. The molecule has 2 aromatic carbocycles. The van der Waals surface area contributed by atoms with Gasteiger partial charge in [-0.1, -0.05) is 45.2 Å². The molecule has 1 aliphatic carbocycles. The lowest BCUT2D eigenvalue weighted by Crippen LogP contribution is -2.38. The van der Waals surface area contributed by atoms with Crippen LogP contribution in [0.5, 0.6) is 5.75 Å². The summed E-state index contributed by atoms with van der Waals surface area (Å²) in [5.41, 5.74) is 4.59. The number of hydrogen-bond donors (Lipinski definition) is 3. The summed E-state index contributed by atoms with van der Waals surface area (Å²) in [5, 5.41) is 9.37. The molecule has 0 aliphatic heterocycles. The van der Waals surface area contributed by atoms with Gasteiger partial charge in [-0.05, 0) is 66.3 Å². The molecule has 3 amide bonds. The summed E-state index contributed by atoms with van der Waals surface area (Å²) in [6.45, 7) is 4.13. The van der Waals surface area contributed by atoms with E-state index in [1.165, 1.54) is 12.6 Å². The van der Waals surface area contributed by atoms with Crippen molar-refractivity contribution >= 4 is 29.6 Å². The van der Waals surface area contributed by atoms with E-state index < -0.39 is 11.8 Å². The second-order valence-corrected chi connectivity index (χ2v) is 8.69. The van der Waals surface area contributed by atoms with E-state index in [0.717, 1.165) is 31.2 Å². The standard InChI is InChI=1S/C26H32N4O4/c1-18(2)20-10-12-22(13-11-20)29-25(32)26(33)30-27-16-19-8-14-23(15-9-19)34-17-24(31)28-21-6-4-3-5-7-21/h8-16,18,21H,3-7,17H2,1-2H3,(H,28,31)(H,29,32)(H,30,33)/b27-16-. The second kappa shape index (κ2) is 12.5. The zero-order valence-corrected chi connectivity index (χ0v) is 19.7. The highest BCUT2D eigenvalue weighted by atomic mass is 16.5. The lowest BCUT2D eigenvalue weighted by Gasteiger charge is -2.22. The first kappa shape index (κ1) is 25.0. The summed E-state index contributed by atoms with van der Waals surface area (Å²) in [7, 11) is 0. The van der Waals surface area contributed by atoms with Gasteiger partial charge in [-0.25, -0.2) is 5.43 Å². The average molecular weight is 465 g/mol.